The third kappa shape index (κ3) is 3.57. The number of amides is 1. The third-order valence-corrected chi connectivity index (χ3v) is 4.50. The number of carbonyl (C=O) groups is 2. The van der Waals surface area contributed by atoms with Crippen LogP contribution in [0.25, 0.3) is 0 Å². The molecule has 0 unspecified atom stereocenters. The molecular weight excluding hydrogens is 298 g/mol. The molecular formula is C17H23NO5. The lowest BCUT2D eigenvalue weighted by atomic mass is 9.74. The molecule has 1 aromatic rings. The van der Waals surface area contributed by atoms with Gasteiger partial charge in [0.15, 0.2) is 11.5 Å². The summed E-state index contributed by atoms with van der Waals surface area (Å²) in [6.07, 6.45) is 4.00. The highest BCUT2D eigenvalue weighted by atomic mass is 16.5. The number of methoxy groups -OCH3 is 2. The van der Waals surface area contributed by atoms with E-state index in [0.717, 1.165) is 19.3 Å². The van der Waals surface area contributed by atoms with Crippen molar-refractivity contribution in [2.24, 2.45) is 5.41 Å². The molecule has 0 spiro atoms. The molecule has 1 aromatic carbocycles. The Kier molecular flexibility index (Phi) is 5.47. The van der Waals surface area contributed by atoms with Gasteiger partial charge >= 0.3 is 5.97 Å². The van der Waals surface area contributed by atoms with Crippen LogP contribution in [0.1, 0.15) is 42.5 Å². The zero-order chi connectivity index (χ0) is 16.9. The minimum absolute atomic E-state index is 0.127. The van der Waals surface area contributed by atoms with Crippen molar-refractivity contribution in [2.75, 3.05) is 20.8 Å². The zero-order valence-corrected chi connectivity index (χ0v) is 13.6. The summed E-state index contributed by atoms with van der Waals surface area (Å²) in [4.78, 5) is 24.1. The van der Waals surface area contributed by atoms with Crippen LogP contribution in [0.15, 0.2) is 18.2 Å². The Morgan fingerprint density at radius 1 is 1.17 bits per heavy atom. The van der Waals surface area contributed by atoms with Crippen LogP contribution in [-0.4, -0.2) is 37.7 Å². The molecule has 1 fully saturated rings. The van der Waals surface area contributed by atoms with Crippen molar-refractivity contribution in [3.63, 3.8) is 0 Å². The van der Waals surface area contributed by atoms with Gasteiger partial charge < -0.3 is 19.9 Å². The largest absolute Gasteiger partial charge is 0.493 e. The van der Waals surface area contributed by atoms with E-state index in [2.05, 4.69) is 5.32 Å². The van der Waals surface area contributed by atoms with E-state index in [1.54, 1.807) is 18.2 Å². The van der Waals surface area contributed by atoms with Crippen LogP contribution in [0.5, 0.6) is 11.5 Å². The molecule has 2 N–H and O–H groups in total. The number of carbonyl (C=O) groups excluding carboxylic acids is 1. The van der Waals surface area contributed by atoms with Crippen molar-refractivity contribution >= 4 is 11.9 Å². The maximum Gasteiger partial charge on any atom is 0.311 e. The number of ether oxygens (including phenoxy) is 2. The van der Waals surface area contributed by atoms with Crippen molar-refractivity contribution in [1.82, 2.24) is 5.32 Å². The minimum Gasteiger partial charge on any atom is -0.493 e. The maximum absolute atomic E-state index is 12.5. The van der Waals surface area contributed by atoms with Gasteiger partial charge in [-0.25, -0.2) is 0 Å². The van der Waals surface area contributed by atoms with Crippen LogP contribution in [0.3, 0.4) is 0 Å². The van der Waals surface area contributed by atoms with Crippen molar-refractivity contribution in [3.8, 4) is 11.5 Å². The Balaban J connectivity index is 2.14. The lowest BCUT2D eigenvalue weighted by Gasteiger charge is -2.33. The Morgan fingerprint density at radius 2 is 1.87 bits per heavy atom. The highest BCUT2D eigenvalue weighted by Crippen LogP contribution is 2.36. The molecule has 0 atom stereocenters. The first-order valence-corrected chi connectivity index (χ1v) is 7.76. The molecule has 1 aliphatic rings. The van der Waals surface area contributed by atoms with E-state index in [9.17, 15) is 14.7 Å². The van der Waals surface area contributed by atoms with Gasteiger partial charge in [-0.15, -0.1) is 0 Å². The van der Waals surface area contributed by atoms with Gasteiger partial charge in [-0.1, -0.05) is 25.3 Å². The number of para-hydroxylation sites is 1. The predicted molar refractivity (Wildman–Crippen MR) is 85.0 cm³/mol. The number of carboxylic acid groups (broad SMARTS) is 1. The van der Waals surface area contributed by atoms with Gasteiger partial charge in [0.2, 0.25) is 0 Å². The maximum atomic E-state index is 12.5. The fraction of sp³-hybridized carbons (Fsp3) is 0.529. The molecule has 23 heavy (non-hydrogen) atoms. The third-order valence-electron chi connectivity index (χ3n) is 4.50. The van der Waals surface area contributed by atoms with Gasteiger partial charge in [-0.2, -0.15) is 0 Å². The predicted octanol–water partition coefficient (Wildman–Crippen LogP) is 2.47. The molecule has 126 valence electrons. The van der Waals surface area contributed by atoms with Crippen molar-refractivity contribution in [2.45, 2.75) is 32.1 Å². The van der Waals surface area contributed by atoms with Crippen molar-refractivity contribution in [3.05, 3.63) is 23.8 Å². The van der Waals surface area contributed by atoms with Crippen LogP contribution in [0, 0.1) is 5.41 Å². The first-order chi connectivity index (χ1) is 11.0. The molecule has 2 rings (SSSR count). The molecule has 1 saturated carbocycles. The summed E-state index contributed by atoms with van der Waals surface area (Å²) in [5, 5.41) is 12.3. The SMILES string of the molecule is COc1cccc(C(=O)NCC2(C(=O)O)CCCCC2)c1OC. The molecule has 0 saturated heterocycles. The second kappa shape index (κ2) is 7.35. The Hall–Kier alpha value is -2.24. The van der Waals surface area contributed by atoms with Crippen LogP contribution in [0.4, 0.5) is 0 Å². The van der Waals surface area contributed by atoms with Crippen molar-refractivity contribution < 1.29 is 24.2 Å². The highest BCUT2D eigenvalue weighted by Gasteiger charge is 2.40. The topological polar surface area (TPSA) is 84.9 Å². The lowest BCUT2D eigenvalue weighted by Crippen LogP contribution is -2.44. The van der Waals surface area contributed by atoms with Gasteiger partial charge in [0.1, 0.15) is 0 Å². The van der Waals surface area contributed by atoms with Gasteiger partial charge in [0.25, 0.3) is 5.91 Å². The van der Waals surface area contributed by atoms with E-state index in [0.29, 0.717) is 29.9 Å². The summed E-state index contributed by atoms with van der Waals surface area (Å²) in [7, 11) is 2.97. The molecule has 6 nitrogen and oxygen atoms in total. The van der Waals surface area contributed by atoms with Crippen LogP contribution < -0.4 is 14.8 Å². The van der Waals surface area contributed by atoms with Crippen LogP contribution in [-0.2, 0) is 4.79 Å². The number of rotatable bonds is 6. The summed E-state index contributed by atoms with van der Waals surface area (Å²) in [6.45, 7) is 0.127. The number of nitrogens with one attached hydrogen (secondary N) is 1. The number of carboxylic acids is 1. The fourth-order valence-corrected chi connectivity index (χ4v) is 3.11. The van der Waals surface area contributed by atoms with Crippen LogP contribution in [0.2, 0.25) is 0 Å². The van der Waals surface area contributed by atoms with Gasteiger partial charge in [0.05, 0.1) is 25.2 Å². The average molecular weight is 321 g/mol. The molecule has 1 amide bonds. The molecule has 0 radical (unpaired) electrons. The van der Waals surface area contributed by atoms with E-state index in [1.165, 1.54) is 14.2 Å². The van der Waals surface area contributed by atoms with Crippen molar-refractivity contribution in [1.29, 1.82) is 0 Å². The second-order valence-electron chi connectivity index (χ2n) is 5.87. The van der Waals surface area contributed by atoms with E-state index < -0.39 is 11.4 Å². The number of aliphatic carboxylic acids is 1. The number of hydrogen-bond donors (Lipinski definition) is 2. The summed E-state index contributed by atoms with van der Waals surface area (Å²) in [6, 6.07) is 5.03. The minimum atomic E-state index is -0.861. The van der Waals surface area contributed by atoms with E-state index in [-0.39, 0.29) is 12.5 Å². The monoisotopic (exact) mass is 321 g/mol. The Morgan fingerprint density at radius 3 is 2.43 bits per heavy atom. The normalized spacial score (nSPS) is 16.4. The Labute approximate surface area is 135 Å². The summed E-state index contributed by atoms with van der Waals surface area (Å²) in [5.41, 5.74) is -0.525. The molecule has 1 aliphatic carbocycles. The molecule has 0 heterocycles. The first kappa shape index (κ1) is 17.1. The van der Waals surface area contributed by atoms with Crippen LogP contribution >= 0.6 is 0 Å². The van der Waals surface area contributed by atoms with E-state index in [1.807, 2.05) is 0 Å². The molecule has 0 aromatic heterocycles. The first-order valence-electron chi connectivity index (χ1n) is 7.76. The highest BCUT2D eigenvalue weighted by molar-refractivity contribution is 5.98. The molecule has 0 aliphatic heterocycles. The number of benzene rings is 1. The van der Waals surface area contributed by atoms with E-state index in [4.69, 9.17) is 9.47 Å². The fourth-order valence-electron chi connectivity index (χ4n) is 3.11. The lowest BCUT2D eigenvalue weighted by molar-refractivity contribution is -0.150. The van der Waals surface area contributed by atoms with Gasteiger partial charge in [0, 0.05) is 6.54 Å². The Bertz CT molecular complexity index is 578. The molecule has 6 heteroatoms. The zero-order valence-electron chi connectivity index (χ0n) is 13.6. The second-order valence-corrected chi connectivity index (χ2v) is 5.87. The number of hydrogen-bond acceptors (Lipinski definition) is 4. The smallest absolute Gasteiger partial charge is 0.311 e. The van der Waals surface area contributed by atoms with E-state index >= 15 is 0 Å². The average Bonchev–Trinajstić information content (AvgIpc) is 2.59. The summed E-state index contributed by atoms with van der Waals surface area (Å²) in [5.74, 6) is -0.381. The quantitative estimate of drug-likeness (QED) is 0.841. The van der Waals surface area contributed by atoms with Gasteiger partial charge in [-0.3, -0.25) is 9.59 Å². The molecule has 0 bridgehead atoms. The van der Waals surface area contributed by atoms with Gasteiger partial charge in [-0.05, 0) is 25.0 Å². The standard InChI is InChI=1S/C17H23NO5/c1-22-13-8-6-7-12(14(13)23-2)15(19)18-11-17(16(20)21)9-4-3-5-10-17/h6-8H,3-5,9-11H2,1-2H3,(H,18,19)(H,20,21). The summed E-state index contributed by atoms with van der Waals surface area (Å²) < 4.78 is 10.4. The summed E-state index contributed by atoms with van der Waals surface area (Å²) >= 11 is 0.